The number of aryl methyl sites for hydroxylation is 1. The van der Waals surface area contributed by atoms with Crippen LogP contribution in [0.5, 0.6) is 5.75 Å². The number of methoxy groups -OCH3 is 1. The average molecular weight is 488 g/mol. The molecular formula is C25H33N3O5S. The molecule has 2 aromatic carbocycles. The molecule has 2 saturated heterocycles. The average Bonchev–Trinajstić information content (AvgIpc) is 3.37. The van der Waals surface area contributed by atoms with E-state index in [2.05, 4.69) is 22.6 Å². The molecule has 4 rings (SSSR count). The van der Waals surface area contributed by atoms with Crippen molar-refractivity contribution in [1.82, 2.24) is 14.5 Å². The van der Waals surface area contributed by atoms with Crippen molar-refractivity contribution in [3.8, 4) is 5.75 Å². The van der Waals surface area contributed by atoms with Crippen LogP contribution in [0.15, 0.2) is 47.4 Å². The predicted octanol–water partition coefficient (Wildman–Crippen LogP) is 2.42. The molecule has 0 unspecified atom stereocenters. The SMILES string of the molecule is COc1ccc(C)cc1CN1CCN(C(=O)c2ccc(S(=O)(=O)NC[C@@H]3CCCO3)cc2)CC1. The van der Waals surface area contributed by atoms with Gasteiger partial charge in [0.05, 0.1) is 18.1 Å². The van der Waals surface area contributed by atoms with Gasteiger partial charge in [0.2, 0.25) is 10.0 Å². The number of ether oxygens (including phenoxy) is 2. The Labute approximate surface area is 201 Å². The topological polar surface area (TPSA) is 88.2 Å². The van der Waals surface area contributed by atoms with Gasteiger partial charge >= 0.3 is 0 Å². The quantitative estimate of drug-likeness (QED) is 0.615. The van der Waals surface area contributed by atoms with Crippen LogP contribution in [0.1, 0.15) is 34.3 Å². The van der Waals surface area contributed by atoms with Crippen LogP contribution in [0.25, 0.3) is 0 Å². The summed E-state index contributed by atoms with van der Waals surface area (Å²) in [6, 6.07) is 12.3. The van der Waals surface area contributed by atoms with E-state index in [-0.39, 0.29) is 23.5 Å². The normalized spacial score (nSPS) is 19.4. The molecule has 0 bridgehead atoms. The number of amides is 1. The van der Waals surface area contributed by atoms with Crippen LogP contribution >= 0.6 is 0 Å². The third kappa shape index (κ3) is 5.96. The molecule has 1 amide bonds. The lowest BCUT2D eigenvalue weighted by Crippen LogP contribution is -2.48. The zero-order valence-electron chi connectivity index (χ0n) is 19.8. The molecule has 0 radical (unpaired) electrons. The van der Waals surface area contributed by atoms with Crippen molar-refractivity contribution >= 4 is 15.9 Å². The van der Waals surface area contributed by atoms with Crippen LogP contribution in [0.2, 0.25) is 0 Å². The second kappa shape index (κ2) is 10.9. The number of rotatable bonds is 8. The molecule has 0 spiro atoms. The Morgan fingerprint density at radius 1 is 1.12 bits per heavy atom. The standard InChI is InChI=1S/C25H33N3O5S/c1-19-5-10-24(32-2)21(16-19)18-27-11-13-28(14-12-27)25(29)20-6-8-23(9-7-20)34(30,31)26-17-22-4-3-15-33-22/h5-10,16,22,26H,3-4,11-15,17-18H2,1-2H3/t22-/m0/s1. The summed E-state index contributed by atoms with van der Waals surface area (Å²) >= 11 is 0. The van der Waals surface area contributed by atoms with E-state index in [4.69, 9.17) is 9.47 Å². The van der Waals surface area contributed by atoms with E-state index in [0.29, 0.717) is 25.3 Å². The minimum absolute atomic E-state index is 0.0682. The molecule has 8 nitrogen and oxygen atoms in total. The Morgan fingerprint density at radius 3 is 2.50 bits per heavy atom. The Morgan fingerprint density at radius 2 is 1.85 bits per heavy atom. The first-order valence-electron chi connectivity index (χ1n) is 11.7. The molecule has 1 atom stereocenters. The van der Waals surface area contributed by atoms with Gasteiger partial charge in [-0.3, -0.25) is 9.69 Å². The highest BCUT2D eigenvalue weighted by molar-refractivity contribution is 7.89. The van der Waals surface area contributed by atoms with E-state index < -0.39 is 10.0 Å². The molecule has 0 saturated carbocycles. The summed E-state index contributed by atoms with van der Waals surface area (Å²) in [5.74, 6) is 0.799. The highest BCUT2D eigenvalue weighted by Gasteiger charge is 2.24. The monoisotopic (exact) mass is 487 g/mol. The first kappa shape index (κ1) is 24.7. The molecule has 184 valence electrons. The van der Waals surface area contributed by atoms with Crippen LogP contribution in [0, 0.1) is 6.92 Å². The molecular weight excluding hydrogens is 454 g/mol. The van der Waals surface area contributed by atoms with Crippen molar-refractivity contribution in [3.05, 3.63) is 59.2 Å². The number of hydrogen-bond donors (Lipinski definition) is 1. The van der Waals surface area contributed by atoms with Gasteiger partial charge < -0.3 is 14.4 Å². The van der Waals surface area contributed by atoms with E-state index in [1.165, 1.54) is 17.7 Å². The molecule has 0 aliphatic carbocycles. The maximum atomic E-state index is 13.0. The first-order chi connectivity index (χ1) is 16.4. The molecule has 9 heteroatoms. The molecule has 2 aromatic rings. The number of nitrogens with one attached hydrogen (secondary N) is 1. The number of piperazine rings is 1. The smallest absolute Gasteiger partial charge is 0.253 e. The lowest BCUT2D eigenvalue weighted by atomic mass is 10.1. The summed E-state index contributed by atoms with van der Waals surface area (Å²) in [5.41, 5.74) is 2.83. The fourth-order valence-corrected chi connectivity index (χ4v) is 5.50. The Bertz CT molecular complexity index is 1090. The molecule has 0 aromatic heterocycles. The van der Waals surface area contributed by atoms with Gasteiger partial charge in [-0.15, -0.1) is 0 Å². The van der Waals surface area contributed by atoms with Gasteiger partial charge in [0, 0.05) is 57.0 Å². The van der Waals surface area contributed by atoms with Crippen molar-refractivity contribution in [2.45, 2.75) is 37.3 Å². The second-order valence-electron chi connectivity index (χ2n) is 8.89. The molecule has 2 heterocycles. The first-order valence-corrected chi connectivity index (χ1v) is 13.2. The number of carbonyl (C=O) groups excluding carboxylic acids is 1. The Kier molecular flexibility index (Phi) is 7.88. The fourth-order valence-electron chi connectivity index (χ4n) is 4.43. The number of nitrogens with zero attached hydrogens (tertiary/aromatic N) is 2. The van der Waals surface area contributed by atoms with Crippen molar-refractivity contribution in [2.24, 2.45) is 0 Å². The number of sulfonamides is 1. The van der Waals surface area contributed by atoms with Crippen LogP contribution in [-0.4, -0.2) is 76.7 Å². The van der Waals surface area contributed by atoms with E-state index in [0.717, 1.165) is 43.8 Å². The summed E-state index contributed by atoms with van der Waals surface area (Å²) in [7, 11) is -1.95. The largest absolute Gasteiger partial charge is 0.496 e. The minimum Gasteiger partial charge on any atom is -0.496 e. The van der Waals surface area contributed by atoms with E-state index in [1.54, 1.807) is 19.2 Å². The number of hydrogen-bond acceptors (Lipinski definition) is 6. The van der Waals surface area contributed by atoms with Gasteiger partial charge in [0.25, 0.3) is 5.91 Å². The van der Waals surface area contributed by atoms with E-state index in [9.17, 15) is 13.2 Å². The maximum Gasteiger partial charge on any atom is 0.253 e. The van der Waals surface area contributed by atoms with E-state index >= 15 is 0 Å². The number of carbonyl (C=O) groups is 1. The van der Waals surface area contributed by atoms with Crippen LogP contribution < -0.4 is 9.46 Å². The van der Waals surface area contributed by atoms with Crippen molar-refractivity contribution < 1.29 is 22.7 Å². The lowest BCUT2D eigenvalue weighted by molar-refractivity contribution is 0.0627. The van der Waals surface area contributed by atoms with Crippen LogP contribution in [0.3, 0.4) is 0 Å². The molecule has 2 aliphatic rings. The van der Waals surface area contributed by atoms with E-state index in [1.807, 2.05) is 17.0 Å². The second-order valence-corrected chi connectivity index (χ2v) is 10.7. The fraction of sp³-hybridized carbons (Fsp3) is 0.480. The zero-order chi connectivity index (χ0) is 24.1. The third-order valence-corrected chi connectivity index (χ3v) is 7.87. The highest BCUT2D eigenvalue weighted by atomic mass is 32.2. The van der Waals surface area contributed by atoms with Gasteiger partial charge in [-0.1, -0.05) is 17.7 Å². The maximum absolute atomic E-state index is 13.0. The van der Waals surface area contributed by atoms with Crippen molar-refractivity contribution in [3.63, 3.8) is 0 Å². The Balaban J connectivity index is 1.31. The van der Waals surface area contributed by atoms with Gasteiger partial charge in [-0.05, 0) is 50.1 Å². The minimum atomic E-state index is -3.63. The van der Waals surface area contributed by atoms with Crippen LogP contribution in [0.4, 0.5) is 0 Å². The predicted molar refractivity (Wildman–Crippen MR) is 130 cm³/mol. The van der Waals surface area contributed by atoms with Crippen LogP contribution in [-0.2, 0) is 21.3 Å². The highest BCUT2D eigenvalue weighted by Crippen LogP contribution is 2.22. The molecule has 2 aliphatic heterocycles. The van der Waals surface area contributed by atoms with Gasteiger partial charge in [0.15, 0.2) is 0 Å². The van der Waals surface area contributed by atoms with Crippen molar-refractivity contribution in [1.29, 1.82) is 0 Å². The summed E-state index contributed by atoms with van der Waals surface area (Å²) in [6.07, 6.45) is 1.75. The van der Waals surface area contributed by atoms with Crippen molar-refractivity contribution in [2.75, 3.05) is 46.4 Å². The molecule has 2 fully saturated rings. The van der Waals surface area contributed by atoms with Gasteiger partial charge in [0.1, 0.15) is 5.75 Å². The van der Waals surface area contributed by atoms with Gasteiger partial charge in [-0.25, -0.2) is 13.1 Å². The lowest BCUT2D eigenvalue weighted by Gasteiger charge is -2.35. The molecule has 34 heavy (non-hydrogen) atoms. The summed E-state index contributed by atoms with van der Waals surface area (Å²) in [6.45, 7) is 6.56. The third-order valence-electron chi connectivity index (χ3n) is 6.43. The Hall–Kier alpha value is -2.46. The number of benzene rings is 2. The summed E-state index contributed by atoms with van der Waals surface area (Å²) in [5, 5.41) is 0. The zero-order valence-corrected chi connectivity index (χ0v) is 20.6. The summed E-state index contributed by atoms with van der Waals surface area (Å²) in [4.78, 5) is 17.3. The summed E-state index contributed by atoms with van der Waals surface area (Å²) < 4.78 is 38.7. The molecule has 1 N–H and O–H groups in total. The van der Waals surface area contributed by atoms with Gasteiger partial charge in [-0.2, -0.15) is 0 Å².